The molecule has 0 aliphatic carbocycles. The van der Waals surface area contributed by atoms with Crippen LogP contribution in [0.1, 0.15) is 23.7 Å². The van der Waals surface area contributed by atoms with Crippen molar-refractivity contribution in [3.63, 3.8) is 0 Å². The molecule has 0 saturated carbocycles. The Bertz CT molecular complexity index is 542. The van der Waals surface area contributed by atoms with E-state index in [0.717, 1.165) is 0 Å². The lowest BCUT2D eigenvalue weighted by Gasteiger charge is -2.10. The first-order chi connectivity index (χ1) is 9.60. The van der Waals surface area contributed by atoms with Gasteiger partial charge in [-0.3, -0.25) is 9.59 Å². The number of rotatable bonds is 4. The van der Waals surface area contributed by atoms with Crippen LogP contribution in [0.3, 0.4) is 0 Å². The Morgan fingerprint density at radius 1 is 1.45 bits per heavy atom. The molecule has 2 amide bonds. The van der Waals surface area contributed by atoms with Gasteiger partial charge in [0.2, 0.25) is 11.8 Å². The lowest BCUT2D eigenvalue weighted by Crippen LogP contribution is -2.24. The number of esters is 1. The number of amides is 2. The highest BCUT2D eigenvalue weighted by Crippen LogP contribution is 2.15. The van der Waals surface area contributed by atoms with Crippen molar-refractivity contribution in [2.24, 2.45) is 5.92 Å². The largest absolute Gasteiger partial charge is 0.462 e. The van der Waals surface area contributed by atoms with E-state index in [0.29, 0.717) is 24.4 Å². The average Bonchev–Trinajstić information content (AvgIpc) is 2.86. The first-order valence-electron chi connectivity index (χ1n) is 6.45. The van der Waals surface area contributed by atoms with Crippen LogP contribution >= 0.6 is 0 Å². The molecule has 2 rings (SSSR count). The zero-order valence-electron chi connectivity index (χ0n) is 11.1. The van der Waals surface area contributed by atoms with Gasteiger partial charge in [-0.05, 0) is 25.1 Å². The number of benzene rings is 1. The molecule has 106 valence electrons. The van der Waals surface area contributed by atoms with E-state index in [4.69, 9.17) is 4.74 Å². The second-order valence-electron chi connectivity index (χ2n) is 4.50. The molecule has 2 N–H and O–H groups in total. The molecule has 1 aromatic rings. The number of nitrogens with one attached hydrogen (secondary N) is 2. The zero-order chi connectivity index (χ0) is 14.5. The van der Waals surface area contributed by atoms with Gasteiger partial charge in [-0.2, -0.15) is 0 Å². The van der Waals surface area contributed by atoms with E-state index < -0.39 is 5.97 Å². The van der Waals surface area contributed by atoms with Crippen molar-refractivity contribution in [3.05, 3.63) is 29.8 Å². The molecular formula is C14H16N2O4. The Morgan fingerprint density at radius 2 is 2.25 bits per heavy atom. The van der Waals surface area contributed by atoms with Crippen LogP contribution in [0.5, 0.6) is 0 Å². The minimum atomic E-state index is -0.429. The van der Waals surface area contributed by atoms with Crippen molar-refractivity contribution in [1.82, 2.24) is 5.32 Å². The van der Waals surface area contributed by atoms with Crippen LogP contribution in [-0.2, 0) is 14.3 Å². The van der Waals surface area contributed by atoms with E-state index in [9.17, 15) is 14.4 Å². The number of hydrogen-bond acceptors (Lipinski definition) is 4. The number of hydrogen-bond donors (Lipinski definition) is 2. The van der Waals surface area contributed by atoms with Crippen LogP contribution < -0.4 is 10.6 Å². The highest BCUT2D eigenvalue weighted by atomic mass is 16.5. The fourth-order valence-electron chi connectivity index (χ4n) is 1.97. The van der Waals surface area contributed by atoms with Crippen molar-refractivity contribution in [3.8, 4) is 0 Å². The highest BCUT2D eigenvalue weighted by molar-refractivity contribution is 5.98. The predicted octanol–water partition coefficient (Wildman–Crippen LogP) is 0.938. The van der Waals surface area contributed by atoms with Crippen LogP contribution in [0.2, 0.25) is 0 Å². The molecule has 0 bridgehead atoms. The van der Waals surface area contributed by atoms with Gasteiger partial charge >= 0.3 is 5.97 Å². The maximum atomic E-state index is 11.9. The lowest BCUT2D eigenvalue weighted by molar-refractivity contribution is -0.123. The van der Waals surface area contributed by atoms with Crippen LogP contribution in [0.4, 0.5) is 5.69 Å². The first-order valence-corrected chi connectivity index (χ1v) is 6.45. The van der Waals surface area contributed by atoms with E-state index >= 15 is 0 Å². The van der Waals surface area contributed by atoms with Gasteiger partial charge in [-0.15, -0.1) is 0 Å². The number of anilines is 1. The molecule has 1 aromatic carbocycles. The number of carbonyl (C=O) groups is 3. The summed E-state index contributed by atoms with van der Waals surface area (Å²) >= 11 is 0. The minimum absolute atomic E-state index is 0.120. The second kappa shape index (κ2) is 6.18. The molecule has 0 radical (unpaired) electrons. The third kappa shape index (κ3) is 3.34. The molecule has 0 spiro atoms. The summed E-state index contributed by atoms with van der Waals surface area (Å²) in [6.07, 6.45) is 0.198. The van der Waals surface area contributed by atoms with Crippen molar-refractivity contribution < 1.29 is 19.1 Å². The van der Waals surface area contributed by atoms with Crippen LogP contribution in [0.25, 0.3) is 0 Å². The van der Waals surface area contributed by atoms with Crippen LogP contribution in [-0.4, -0.2) is 30.9 Å². The third-order valence-electron chi connectivity index (χ3n) is 2.99. The normalized spacial score (nSPS) is 17.4. The maximum absolute atomic E-state index is 11.9. The fourth-order valence-corrected chi connectivity index (χ4v) is 1.97. The average molecular weight is 276 g/mol. The van der Waals surface area contributed by atoms with Crippen molar-refractivity contribution in [2.75, 3.05) is 18.5 Å². The van der Waals surface area contributed by atoms with E-state index in [1.807, 2.05) is 0 Å². The highest BCUT2D eigenvalue weighted by Gasteiger charge is 2.27. The number of carbonyl (C=O) groups excluding carboxylic acids is 3. The van der Waals surface area contributed by atoms with Crippen molar-refractivity contribution in [1.29, 1.82) is 0 Å². The van der Waals surface area contributed by atoms with E-state index in [-0.39, 0.29) is 24.2 Å². The molecule has 0 aromatic heterocycles. The van der Waals surface area contributed by atoms with E-state index in [1.165, 1.54) is 0 Å². The molecule has 1 aliphatic rings. The fraction of sp³-hybridized carbons (Fsp3) is 0.357. The number of ether oxygens (including phenoxy) is 1. The smallest absolute Gasteiger partial charge is 0.338 e. The predicted molar refractivity (Wildman–Crippen MR) is 72.1 cm³/mol. The Kier molecular flexibility index (Phi) is 4.34. The molecule has 1 aliphatic heterocycles. The minimum Gasteiger partial charge on any atom is -0.462 e. The standard InChI is InChI=1S/C14H16N2O4/c1-2-20-14(19)9-4-3-5-11(6-9)16-13(18)10-7-12(17)15-8-10/h3-6,10H,2,7-8H2,1H3,(H,15,17)(H,16,18). The zero-order valence-corrected chi connectivity index (χ0v) is 11.1. The summed E-state index contributed by atoms with van der Waals surface area (Å²) in [7, 11) is 0. The lowest BCUT2D eigenvalue weighted by atomic mass is 10.1. The molecular weight excluding hydrogens is 260 g/mol. The Morgan fingerprint density at radius 3 is 2.90 bits per heavy atom. The van der Waals surface area contributed by atoms with Gasteiger partial charge < -0.3 is 15.4 Å². The molecule has 1 atom stereocenters. The summed E-state index contributed by atoms with van der Waals surface area (Å²) in [5.41, 5.74) is 0.894. The summed E-state index contributed by atoms with van der Waals surface area (Å²) in [6, 6.07) is 6.53. The SMILES string of the molecule is CCOC(=O)c1cccc(NC(=O)C2CNC(=O)C2)c1. The summed E-state index contributed by atoms with van der Waals surface area (Å²) < 4.78 is 4.90. The van der Waals surface area contributed by atoms with Gasteiger partial charge in [-0.1, -0.05) is 6.07 Å². The van der Waals surface area contributed by atoms with Crippen molar-refractivity contribution in [2.45, 2.75) is 13.3 Å². The van der Waals surface area contributed by atoms with Crippen LogP contribution in [0.15, 0.2) is 24.3 Å². The molecule has 6 heteroatoms. The summed E-state index contributed by atoms with van der Waals surface area (Å²) in [5, 5.41) is 5.31. The van der Waals surface area contributed by atoms with Crippen molar-refractivity contribution >= 4 is 23.5 Å². The maximum Gasteiger partial charge on any atom is 0.338 e. The molecule has 1 saturated heterocycles. The molecule has 20 heavy (non-hydrogen) atoms. The molecule has 1 heterocycles. The summed E-state index contributed by atoms with van der Waals surface area (Å²) in [4.78, 5) is 34.6. The monoisotopic (exact) mass is 276 g/mol. The Balaban J connectivity index is 2.02. The van der Waals surface area contributed by atoms with Gasteiger partial charge in [0.1, 0.15) is 0 Å². The Hall–Kier alpha value is -2.37. The summed E-state index contributed by atoms with van der Waals surface area (Å²) in [5.74, 6) is -1.15. The van der Waals surface area contributed by atoms with Gasteiger partial charge in [0.15, 0.2) is 0 Å². The topological polar surface area (TPSA) is 84.5 Å². The molecule has 6 nitrogen and oxygen atoms in total. The Labute approximate surface area is 116 Å². The van der Waals surface area contributed by atoms with E-state index in [1.54, 1.807) is 31.2 Å². The first kappa shape index (κ1) is 14.0. The van der Waals surface area contributed by atoms with Gasteiger partial charge in [0.25, 0.3) is 0 Å². The third-order valence-corrected chi connectivity index (χ3v) is 2.99. The van der Waals surface area contributed by atoms with Gasteiger partial charge in [0, 0.05) is 18.7 Å². The van der Waals surface area contributed by atoms with Gasteiger partial charge in [-0.25, -0.2) is 4.79 Å². The quantitative estimate of drug-likeness (QED) is 0.801. The van der Waals surface area contributed by atoms with Crippen LogP contribution in [0, 0.1) is 5.92 Å². The molecule has 1 unspecified atom stereocenters. The van der Waals surface area contributed by atoms with E-state index in [2.05, 4.69) is 10.6 Å². The van der Waals surface area contributed by atoms with Gasteiger partial charge in [0.05, 0.1) is 18.1 Å². The second-order valence-corrected chi connectivity index (χ2v) is 4.50. The molecule has 1 fully saturated rings. The summed E-state index contributed by atoms with van der Waals surface area (Å²) in [6.45, 7) is 2.38.